The highest BCUT2D eigenvalue weighted by Gasteiger charge is 2.15. The maximum atomic E-state index is 12.4. The van der Waals surface area contributed by atoms with Crippen molar-refractivity contribution in [1.29, 1.82) is 0 Å². The second-order valence-corrected chi connectivity index (χ2v) is 6.23. The molecule has 0 aliphatic heterocycles. The van der Waals surface area contributed by atoms with Gasteiger partial charge in [-0.15, -0.1) is 0 Å². The molecule has 0 aliphatic rings. The summed E-state index contributed by atoms with van der Waals surface area (Å²) in [6.45, 7) is 2.20. The molecule has 5 nitrogen and oxygen atoms in total. The van der Waals surface area contributed by atoms with E-state index in [0.717, 1.165) is 11.3 Å². The number of methoxy groups -OCH3 is 1. The van der Waals surface area contributed by atoms with Crippen LogP contribution in [0.2, 0.25) is 0 Å². The van der Waals surface area contributed by atoms with Gasteiger partial charge in [-0.1, -0.05) is 36.4 Å². The number of amides is 1. The van der Waals surface area contributed by atoms with Gasteiger partial charge in [0, 0.05) is 11.8 Å². The maximum Gasteiger partial charge on any atom is 0.265 e. The Morgan fingerprint density at radius 3 is 2.32 bits per heavy atom. The van der Waals surface area contributed by atoms with Gasteiger partial charge in [-0.2, -0.15) is 0 Å². The summed E-state index contributed by atoms with van der Waals surface area (Å²) in [6, 6.07) is 24.4. The molecule has 1 unspecified atom stereocenters. The summed E-state index contributed by atoms with van der Waals surface area (Å²) in [5.41, 5.74) is 1.78. The van der Waals surface area contributed by atoms with Gasteiger partial charge in [-0.05, 0) is 48.9 Å². The molecule has 1 atom stereocenters. The van der Waals surface area contributed by atoms with Crippen molar-refractivity contribution in [1.82, 2.24) is 0 Å². The molecular formula is C23H23NO4. The number of carbonyl (C=O) groups is 1. The molecule has 0 radical (unpaired) electrons. The average Bonchev–Trinajstić information content (AvgIpc) is 2.74. The zero-order valence-corrected chi connectivity index (χ0v) is 15.9. The largest absolute Gasteiger partial charge is 0.497 e. The molecule has 3 aromatic carbocycles. The van der Waals surface area contributed by atoms with Crippen molar-refractivity contribution < 1.29 is 19.0 Å². The van der Waals surface area contributed by atoms with Crippen LogP contribution in [-0.2, 0) is 11.4 Å². The van der Waals surface area contributed by atoms with Crippen molar-refractivity contribution in [2.24, 2.45) is 0 Å². The Bertz CT molecular complexity index is 894. The van der Waals surface area contributed by atoms with Gasteiger partial charge in [0.2, 0.25) is 0 Å². The minimum atomic E-state index is -0.652. The summed E-state index contributed by atoms with van der Waals surface area (Å²) in [5, 5.41) is 2.84. The Hall–Kier alpha value is -3.47. The molecule has 1 N–H and O–H groups in total. The molecule has 0 spiro atoms. The van der Waals surface area contributed by atoms with Crippen molar-refractivity contribution >= 4 is 11.6 Å². The van der Waals surface area contributed by atoms with Crippen LogP contribution in [0.25, 0.3) is 0 Å². The number of hydrogen-bond acceptors (Lipinski definition) is 4. The number of ether oxygens (including phenoxy) is 3. The molecule has 0 aromatic heterocycles. The molecule has 3 aromatic rings. The molecule has 0 heterocycles. The van der Waals surface area contributed by atoms with Crippen molar-refractivity contribution in [2.75, 3.05) is 12.4 Å². The summed E-state index contributed by atoms with van der Waals surface area (Å²) < 4.78 is 16.6. The Kier molecular flexibility index (Phi) is 6.52. The van der Waals surface area contributed by atoms with Gasteiger partial charge < -0.3 is 19.5 Å². The lowest BCUT2D eigenvalue weighted by Crippen LogP contribution is -2.30. The van der Waals surface area contributed by atoms with E-state index in [2.05, 4.69) is 5.32 Å². The minimum Gasteiger partial charge on any atom is -0.497 e. The van der Waals surface area contributed by atoms with E-state index in [-0.39, 0.29) is 5.91 Å². The van der Waals surface area contributed by atoms with Crippen LogP contribution in [0.15, 0.2) is 78.9 Å². The number of carbonyl (C=O) groups excluding carboxylic acids is 1. The van der Waals surface area contributed by atoms with E-state index in [1.165, 1.54) is 0 Å². The summed E-state index contributed by atoms with van der Waals surface area (Å²) >= 11 is 0. The van der Waals surface area contributed by atoms with Gasteiger partial charge in [0.25, 0.3) is 5.91 Å². The molecular weight excluding hydrogens is 354 g/mol. The van der Waals surface area contributed by atoms with Crippen LogP contribution in [0.1, 0.15) is 12.5 Å². The third-order valence-corrected chi connectivity index (χ3v) is 4.09. The zero-order valence-electron chi connectivity index (χ0n) is 15.9. The Morgan fingerprint density at radius 2 is 1.61 bits per heavy atom. The Balaban J connectivity index is 1.51. The SMILES string of the molecule is COc1cccc(OC(C)C(=O)Nc2ccc(OCc3ccccc3)cc2)c1. The number of anilines is 1. The predicted molar refractivity (Wildman–Crippen MR) is 109 cm³/mol. The molecule has 0 saturated heterocycles. The van der Waals surface area contributed by atoms with Gasteiger partial charge in [0.15, 0.2) is 6.10 Å². The van der Waals surface area contributed by atoms with E-state index >= 15 is 0 Å². The van der Waals surface area contributed by atoms with E-state index < -0.39 is 6.10 Å². The Labute approximate surface area is 164 Å². The first-order valence-corrected chi connectivity index (χ1v) is 9.02. The van der Waals surface area contributed by atoms with Gasteiger partial charge in [-0.3, -0.25) is 4.79 Å². The van der Waals surface area contributed by atoms with Gasteiger partial charge in [-0.25, -0.2) is 0 Å². The van der Waals surface area contributed by atoms with Gasteiger partial charge in [0.05, 0.1) is 7.11 Å². The highest BCUT2D eigenvalue weighted by molar-refractivity contribution is 5.94. The second-order valence-electron chi connectivity index (χ2n) is 6.23. The first-order chi connectivity index (χ1) is 13.6. The van der Waals surface area contributed by atoms with Crippen molar-refractivity contribution in [3.63, 3.8) is 0 Å². The topological polar surface area (TPSA) is 56.8 Å². The van der Waals surface area contributed by atoms with Crippen LogP contribution in [-0.4, -0.2) is 19.1 Å². The molecule has 5 heteroatoms. The lowest BCUT2D eigenvalue weighted by Gasteiger charge is -2.15. The summed E-state index contributed by atoms with van der Waals surface area (Å²) in [5.74, 6) is 1.76. The van der Waals surface area contributed by atoms with E-state index in [0.29, 0.717) is 23.8 Å². The van der Waals surface area contributed by atoms with Crippen molar-refractivity contribution in [2.45, 2.75) is 19.6 Å². The molecule has 3 rings (SSSR count). The smallest absolute Gasteiger partial charge is 0.265 e. The fraction of sp³-hybridized carbons (Fsp3) is 0.174. The van der Waals surface area contributed by atoms with Crippen molar-refractivity contribution in [3.8, 4) is 17.2 Å². The first-order valence-electron chi connectivity index (χ1n) is 9.02. The fourth-order valence-corrected chi connectivity index (χ4v) is 2.55. The fourth-order valence-electron chi connectivity index (χ4n) is 2.55. The number of hydrogen-bond donors (Lipinski definition) is 1. The van der Waals surface area contributed by atoms with Crippen LogP contribution in [0, 0.1) is 0 Å². The number of benzene rings is 3. The van der Waals surface area contributed by atoms with E-state index in [1.807, 2.05) is 54.6 Å². The summed E-state index contributed by atoms with van der Waals surface area (Å²) in [7, 11) is 1.59. The van der Waals surface area contributed by atoms with Crippen LogP contribution >= 0.6 is 0 Å². The third kappa shape index (κ3) is 5.51. The quantitative estimate of drug-likeness (QED) is 0.619. The minimum absolute atomic E-state index is 0.235. The van der Waals surface area contributed by atoms with E-state index in [1.54, 1.807) is 38.3 Å². The number of nitrogens with one attached hydrogen (secondary N) is 1. The molecule has 0 aliphatic carbocycles. The zero-order chi connectivity index (χ0) is 19.8. The lowest BCUT2D eigenvalue weighted by molar-refractivity contribution is -0.122. The van der Waals surface area contributed by atoms with Gasteiger partial charge >= 0.3 is 0 Å². The standard InChI is InChI=1S/C23H23NO4/c1-17(28-22-10-6-9-21(15-22)26-2)23(25)24-19-11-13-20(14-12-19)27-16-18-7-4-3-5-8-18/h3-15,17H,16H2,1-2H3,(H,24,25). The average molecular weight is 377 g/mol. The van der Waals surface area contributed by atoms with E-state index in [9.17, 15) is 4.79 Å². The molecule has 28 heavy (non-hydrogen) atoms. The van der Waals surface area contributed by atoms with Crippen LogP contribution in [0.3, 0.4) is 0 Å². The normalized spacial score (nSPS) is 11.4. The third-order valence-electron chi connectivity index (χ3n) is 4.09. The monoisotopic (exact) mass is 377 g/mol. The van der Waals surface area contributed by atoms with E-state index in [4.69, 9.17) is 14.2 Å². The lowest BCUT2D eigenvalue weighted by atomic mass is 10.2. The molecule has 0 fully saturated rings. The molecule has 144 valence electrons. The molecule has 0 bridgehead atoms. The second kappa shape index (κ2) is 9.46. The van der Waals surface area contributed by atoms with Crippen LogP contribution in [0.4, 0.5) is 5.69 Å². The van der Waals surface area contributed by atoms with Crippen LogP contribution < -0.4 is 19.5 Å². The highest BCUT2D eigenvalue weighted by atomic mass is 16.5. The first kappa shape index (κ1) is 19.3. The molecule has 1 amide bonds. The van der Waals surface area contributed by atoms with Crippen LogP contribution in [0.5, 0.6) is 17.2 Å². The maximum absolute atomic E-state index is 12.4. The highest BCUT2D eigenvalue weighted by Crippen LogP contribution is 2.21. The van der Waals surface area contributed by atoms with Gasteiger partial charge in [0.1, 0.15) is 23.9 Å². The van der Waals surface area contributed by atoms with Crippen molar-refractivity contribution in [3.05, 3.63) is 84.4 Å². The molecule has 0 saturated carbocycles. The number of rotatable bonds is 8. The predicted octanol–water partition coefficient (Wildman–Crippen LogP) is 4.68. The summed E-state index contributed by atoms with van der Waals surface area (Å²) in [4.78, 5) is 12.4. The Morgan fingerprint density at radius 1 is 0.893 bits per heavy atom. The summed E-state index contributed by atoms with van der Waals surface area (Å²) in [6.07, 6.45) is -0.652.